The molecule has 0 aliphatic carbocycles. The molecule has 0 atom stereocenters. The molecule has 0 saturated heterocycles. The van der Waals surface area contributed by atoms with Gasteiger partial charge in [-0.1, -0.05) is 0 Å². The lowest BCUT2D eigenvalue weighted by Crippen LogP contribution is -2.22. The lowest BCUT2D eigenvalue weighted by molar-refractivity contribution is 0.102. The van der Waals surface area contributed by atoms with Gasteiger partial charge in [-0.15, -0.1) is 0 Å². The number of aromatic nitrogens is 1. The standard InChI is InChI=1S/C14H12F2N2O2/c1-7-3-11(16)12(5-10(7)15)18-14(20)9-6-17-8(2)4-13(9)19/h3-6H,1-2H3,(H,17,19)(H,18,20). The minimum absolute atomic E-state index is 0.133. The first-order chi connectivity index (χ1) is 9.38. The van der Waals surface area contributed by atoms with Crippen molar-refractivity contribution in [3.05, 3.63) is 63.1 Å². The molecule has 2 aromatic rings. The molecule has 1 aromatic carbocycles. The van der Waals surface area contributed by atoms with E-state index in [2.05, 4.69) is 10.3 Å². The summed E-state index contributed by atoms with van der Waals surface area (Å²) in [5.41, 5.74) is -0.242. The van der Waals surface area contributed by atoms with Crippen LogP contribution in [0.3, 0.4) is 0 Å². The Hall–Kier alpha value is -2.50. The molecule has 2 rings (SSSR count). The molecular weight excluding hydrogens is 266 g/mol. The molecule has 20 heavy (non-hydrogen) atoms. The lowest BCUT2D eigenvalue weighted by atomic mass is 10.2. The monoisotopic (exact) mass is 278 g/mol. The number of halogens is 2. The van der Waals surface area contributed by atoms with Crippen LogP contribution in [-0.4, -0.2) is 10.9 Å². The molecule has 1 aromatic heterocycles. The van der Waals surface area contributed by atoms with Crippen molar-refractivity contribution >= 4 is 11.6 Å². The number of carbonyl (C=O) groups excluding carboxylic acids is 1. The molecule has 0 bridgehead atoms. The highest BCUT2D eigenvalue weighted by Gasteiger charge is 2.14. The molecule has 2 N–H and O–H groups in total. The van der Waals surface area contributed by atoms with E-state index in [0.717, 1.165) is 12.1 Å². The molecule has 104 valence electrons. The summed E-state index contributed by atoms with van der Waals surface area (Å²) in [6.07, 6.45) is 1.23. The summed E-state index contributed by atoms with van der Waals surface area (Å²) in [5, 5.41) is 2.18. The fraction of sp³-hybridized carbons (Fsp3) is 0.143. The maximum atomic E-state index is 13.6. The number of hydrogen-bond donors (Lipinski definition) is 2. The number of pyridine rings is 1. The number of rotatable bonds is 2. The maximum Gasteiger partial charge on any atom is 0.261 e. The van der Waals surface area contributed by atoms with Gasteiger partial charge in [-0.3, -0.25) is 9.59 Å². The second-order valence-electron chi connectivity index (χ2n) is 4.43. The average Bonchev–Trinajstić information content (AvgIpc) is 2.35. The molecule has 0 radical (unpaired) electrons. The van der Waals surface area contributed by atoms with Crippen molar-refractivity contribution in [1.29, 1.82) is 0 Å². The topological polar surface area (TPSA) is 62.0 Å². The first kappa shape index (κ1) is 13.9. The maximum absolute atomic E-state index is 13.6. The van der Waals surface area contributed by atoms with Gasteiger partial charge in [0.25, 0.3) is 5.91 Å². The summed E-state index contributed by atoms with van der Waals surface area (Å²) in [6.45, 7) is 3.08. The fourth-order valence-corrected chi connectivity index (χ4v) is 1.68. The van der Waals surface area contributed by atoms with E-state index in [4.69, 9.17) is 0 Å². The Morgan fingerprint density at radius 2 is 1.85 bits per heavy atom. The number of H-pyrrole nitrogens is 1. The van der Waals surface area contributed by atoms with Crippen molar-refractivity contribution in [2.24, 2.45) is 0 Å². The summed E-state index contributed by atoms with van der Waals surface area (Å²) < 4.78 is 27.0. The second kappa shape index (κ2) is 5.24. The van der Waals surface area contributed by atoms with Crippen LogP contribution in [0.1, 0.15) is 21.6 Å². The van der Waals surface area contributed by atoms with Gasteiger partial charge in [-0.2, -0.15) is 0 Å². The van der Waals surface area contributed by atoms with E-state index in [1.807, 2.05) is 0 Å². The van der Waals surface area contributed by atoms with E-state index in [1.54, 1.807) is 6.92 Å². The molecule has 1 heterocycles. The third-order valence-electron chi connectivity index (χ3n) is 2.80. The summed E-state index contributed by atoms with van der Waals surface area (Å²) in [6, 6.07) is 3.11. The number of nitrogens with one attached hydrogen (secondary N) is 2. The number of benzene rings is 1. The highest BCUT2D eigenvalue weighted by atomic mass is 19.1. The number of aryl methyl sites for hydroxylation is 2. The SMILES string of the molecule is Cc1cc(=O)c(C(=O)Nc2cc(F)c(C)cc2F)c[nH]1. The Balaban J connectivity index is 2.33. The van der Waals surface area contributed by atoms with E-state index in [0.29, 0.717) is 5.69 Å². The number of aromatic amines is 1. The van der Waals surface area contributed by atoms with Crippen LogP contribution in [0.15, 0.2) is 29.2 Å². The molecule has 0 aliphatic heterocycles. The zero-order valence-electron chi connectivity index (χ0n) is 10.9. The predicted octanol–water partition coefficient (Wildman–Crippen LogP) is 2.52. The summed E-state index contributed by atoms with van der Waals surface area (Å²) in [7, 11) is 0. The van der Waals surface area contributed by atoms with Gasteiger partial charge < -0.3 is 10.3 Å². The number of anilines is 1. The smallest absolute Gasteiger partial charge is 0.261 e. The van der Waals surface area contributed by atoms with Crippen molar-refractivity contribution in [2.75, 3.05) is 5.32 Å². The largest absolute Gasteiger partial charge is 0.364 e. The van der Waals surface area contributed by atoms with Crippen LogP contribution >= 0.6 is 0 Å². The Kier molecular flexibility index (Phi) is 3.65. The van der Waals surface area contributed by atoms with Gasteiger partial charge in [0, 0.05) is 24.0 Å². The van der Waals surface area contributed by atoms with E-state index in [9.17, 15) is 18.4 Å². The number of hydrogen-bond acceptors (Lipinski definition) is 2. The van der Waals surface area contributed by atoms with Crippen LogP contribution in [0.25, 0.3) is 0 Å². The van der Waals surface area contributed by atoms with E-state index >= 15 is 0 Å². The van der Waals surface area contributed by atoms with Gasteiger partial charge in [0.2, 0.25) is 0 Å². The minimum atomic E-state index is -0.798. The molecular formula is C14H12F2N2O2. The number of amides is 1. The van der Waals surface area contributed by atoms with Crippen LogP contribution in [0.2, 0.25) is 0 Å². The molecule has 0 fully saturated rings. The van der Waals surface area contributed by atoms with Crippen LogP contribution < -0.4 is 10.7 Å². The molecule has 0 spiro atoms. The third kappa shape index (κ3) is 2.74. The van der Waals surface area contributed by atoms with E-state index < -0.39 is 23.0 Å². The molecule has 4 nitrogen and oxygen atoms in total. The van der Waals surface area contributed by atoms with E-state index in [-0.39, 0.29) is 16.8 Å². The number of carbonyl (C=O) groups is 1. The molecule has 0 unspecified atom stereocenters. The summed E-state index contributed by atoms with van der Waals surface area (Å²) in [4.78, 5) is 26.2. The Morgan fingerprint density at radius 1 is 1.15 bits per heavy atom. The minimum Gasteiger partial charge on any atom is -0.364 e. The Labute approximate surface area is 113 Å². The van der Waals surface area contributed by atoms with Crippen molar-refractivity contribution in [3.63, 3.8) is 0 Å². The van der Waals surface area contributed by atoms with E-state index in [1.165, 1.54) is 19.2 Å². The molecule has 6 heteroatoms. The van der Waals surface area contributed by atoms with Gasteiger partial charge in [0.15, 0.2) is 5.43 Å². The van der Waals surface area contributed by atoms with Gasteiger partial charge in [0.05, 0.1) is 5.69 Å². The Morgan fingerprint density at radius 3 is 2.50 bits per heavy atom. The lowest BCUT2D eigenvalue weighted by Gasteiger charge is -2.07. The highest BCUT2D eigenvalue weighted by Crippen LogP contribution is 2.19. The highest BCUT2D eigenvalue weighted by molar-refractivity contribution is 6.04. The Bertz CT molecular complexity index is 738. The second-order valence-corrected chi connectivity index (χ2v) is 4.43. The van der Waals surface area contributed by atoms with Gasteiger partial charge in [-0.25, -0.2) is 8.78 Å². The van der Waals surface area contributed by atoms with Gasteiger partial charge in [-0.05, 0) is 25.5 Å². The van der Waals surface area contributed by atoms with Gasteiger partial charge in [0.1, 0.15) is 17.2 Å². The normalized spacial score (nSPS) is 10.4. The first-order valence-corrected chi connectivity index (χ1v) is 5.85. The van der Waals surface area contributed by atoms with Crippen molar-refractivity contribution < 1.29 is 13.6 Å². The molecule has 0 saturated carbocycles. The van der Waals surface area contributed by atoms with Crippen LogP contribution in [0.4, 0.5) is 14.5 Å². The molecule has 1 amide bonds. The third-order valence-corrected chi connectivity index (χ3v) is 2.80. The quantitative estimate of drug-likeness (QED) is 0.886. The molecule has 0 aliphatic rings. The van der Waals surface area contributed by atoms with Crippen LogP contribution in [-0.2, 0) is 0 Å². The predicted molar refractivity (Wildman–Crippen MR) is 70.8 cm³/mol. The van der Waals surface area contributed by atoms with Crippen LogP contribution in [0, 0.1) is 25.5 Å². The summed E-state index contributed by atoms with van der Waals surface area (Å²) >= 11 is 0. The average molecular weight is 278 g/mol. The van der Waals surface area contributed by atoms with Crippen molar-refractivity contribution in [2.45, 2.75) is 13.8 Å². The zero-order chi connectivity index (χ0) is 14.9. The fourth-order valence-electron chi connectivity index (χ4n) is 1.68. The summed E-state index contributed by atoms with van der Waals surface area (Å²) in [5.74, 6) is -2.20. The van der Waals surface area contributed by atoms with Crippen LogP contribution in [0.5, 0.6) is 0 Å². The zero-order valence-corrected chi connectivity index (χ0v) is 10.9. The first-order valence-electron chi connectivity index (χ1n) is 5.85. The van der Waals surface area contributed by atoms with Crippen molar-refractivity contribution in [3.8, 4) is 0 Å². The van der Waals surface area contributed by atoms with Crippen molar-refractivity contribution in [1.82, 2.24) is 4.98 Å². The van der Waals surface area contributed by atoms with Gasteiger partial charge >= 0.3 is 0 Å².